The van der Waals surface area contributed by atoms with E-state index in [4.69, 9.17) is 11.6 Å². The van der Waals surface area contributed by atoms with E-state index in [-0.39, 0.29) is 0 Å². The first kappa shape index (κ1) is 22.0. The van der Waals surface area contributed by atoms with Crippen LogP contribution in [0.1, 0.15) is 19.4 Å². The molecule has 1 aliphatic rings. The Morgan fingerprint density at radius 2 is 1.74 bits per heavy atom. The topological polar surface area (TPSA) is 26.3 Å². The van der Waals surface area contributed by atoms with Crippen LogP contribution in [0.5, 0.6) is 0 Å². The summed E-state index contributed by atoms with van der Waals surface area (Å²) in [6, 6.07) is 1.32. The molecular weight excluding hydrogens is 473 g/mol. The van der Waals surface area contributed by atoms with Crippen molar-refractivity contribution in [2.24, 2.45) is 17.3 Å². The third-order valence-electron chi connectivity index (χ3n) is 4.34. The third kappa shape index (κ3) is 4.26. The molecule has 0 spiro atoms. The Morgan fingerprint density at radius 1 is 1.19 bits per heavy atom. The highest BCUT2D eigenvalue weighted by Crippen LogP contribution is 2.61. The van der Waals surface area contributed by atoms with Crippen molar-refractivity contribution in [3.63, 3.8) is 0 Å². The van der Waals surface area contributed by atoms with Crippen molar-refractivity contribution < 1.29 is 40.3 Å². The van der Waals surface area contributed by atoms with Crippen LogP contribution in [-0.4, -0.2) is 12.1 Å². The zero-order chi connectivity index (χ0) is 20.9. The van der Waals surface area contributed by atoms with E-state index in [1.165, 1.54) is 13.8 Å². The van der Waals surface area contributed by atoms with E-state index in [9.17, 15) is 35.5 Å². The lowest BCUT2D eigenvalue weighted by Crippen LogP contribution is -2.26. The lowest BCUT2D eigenvalue weighted by molar-refractivity contribution is -0.243. The number of carbonyl (C=O) groups excluding carboxylic acids is 1. The van der Waals surface area contributed by atoms with Gasteiger partial charge in [-0.15, -0.1) is 0 Å². The summed E-state index contributed by atoms with van der Waals surface area (Å²) in [7, 11) is 0. The highest BCUT2D eigenvalue weighted by molar-refractivity contribution is 9.10. The maximum atomic E-state index is 14.1. The average Bonchev–Trinajstić information content (AvgIpc) is 3.04. The average molecular weight is 484 g/mol. The van der Waals surface area contributed by atoms with Gasteiger partial charge in [-0.1, -0.05) is 31.5 Å². The first-order chi connectivity index (χ1) is 12.1. The van der Waals surface area contributed by atoms with Gasteiger partial charge in [0.15, 0.2) is 11.6 Å². The molecule has 2 nitrogen and oxygen atoms in total. The maximum absolute atomic E-state index is 14.1. The summed E-state index contributed by atoms with van der Waals surface area (Å²) in [5.41, 5.74) is -2.65. The molecule has 27 heavy (non-hydrogen) atoms. The number of hydrogen-bond donors (Lipinski definition) is 0. The van der Waals surface area contributed by atoms with Crippen LogP contribution in [-0.2, 0) is 15.6 Å². The second-order valence-electron chi connectivity index (χ2n) is 6.50. The van der Waals surface area contributed by atoms with Gasteiger partial charge in [-0.3, -0.25) is 4.79 Å². The number of allylic oxidation sites excluding steroid dienone is 2. The van der Waals surface area contributed by atoms with E-state index in [1.807, 2.05) is 0 Å². The summed E-state index contributed by atoms with van der Waals surface area (Å²) < 4.78 is 96.5. The highest BCUT2D eigenvalue weighted by Gasteiger charge is 2.63. The van der Waals surface area contributed by atoms with Crippen molar-refractivity contribution >= 4 is 33.5 Å². The maximum Gasteiger partial charge on any atom is 0.431 e. The Kier molecular flexibility index (Phi) is 5.66. The van der Waals surface area contributed by atoms with Crippen LogP contribution in [0.3, 0.4) is 0 Å². The molecule has 0 heterocycles. The Morgan fingerprint density at radius 3 is 2.26 bits per heavy atom. The fourth-order valence-corrected chi connectivity index (χ4v) is 3.13. The molecule has 150 valence electrons. The van der Waals surface area contributed by atoms with Crippen LogP contribution < -0.4 is 0 Å². The molecule has 0 N–H and O–H groups in total. The number of alkyl halides is 5. The molecule has 11 heteroatoms. The van der Waals surface area contributed by atoms with Gasteiger partial charge in [-0.05, 0) is 39.4 Å². The van der Waals surface area contributed by atoms with Crippen molar-refractivity contribution in [3.8, 4) is 0 Å². The minimum atomic E-state index is -4.85. The van der Waals surface area contributed by atoms with E-state index >= 15 is 0 Å². The number of rotatable bonds is 4. The predicted octanol–water partition coefficient (Wildman–Crippen LogP) is 6.28. The van der Waals surface area contributed by atoms with Gasteiger partial charge in [-0.2, -0.15) is 22.0 Å². The van der Waals surface area contributed by atoms with Crippen LogP contribution in [0.2, 0.25) is 0 Å². The van der Waals surface area contributed by atoms with Gasteiger partial charge in [0.25, 0.3) is 0 Å². The Hall–Kier alpha value is -1.29. The Bertz CT molecular complexity index is 805. The first-order valence-corrected chi connectivity index (χ1v) is 8.47. The molecular formula is C16H11BrClF7O2. The van der Waals surface area contributed by atoms with Gasteiger partial charge in [-0.25, -0.2) is 8.78 Å². The number of ether oxygens (including phenoxy) is 1. The van der Waals surface area contributed by atoms with Crippen molar-refractivity contribution in [1.29, 1.82) is 0 Å². The van der Waals surface area contributed by atoms with Crippen LogP contribution >= 0.6 is 27.5 Å². The normalized spacial score (nSPS) is 22.6. The van der Waals surface area contributed by atoms with E-state index in [0.717, 1.165) is 6.07 Å². The van der Waals surface area contributed by atoms with Gasteiger partial charge in [0.2, 0.25) is 0 Å². The monoisotopic (exact) mass is 482 g/mol. The number of hydrogen-bond acceptors (Lipinski definition) is 2. The predicted molar refractivity (Wildman–Crippen MR) is 84.8 cm³/mol. The molecule has 0 aliphatic heterocycles. The van der Waals surface area contributed by atoms with Gasteiger partial charge in [0, 0.05) is 0 Å². The molecule has 2 atom stereocenters. The molecule has 1 aromatic rings. The summed E-state index contributed by atoms with van der Waals surface area (Å²) in [6.07, 6.45) is -8.83. The van der Waals surface area contributed by atoms with E-state index < -0.39 is 62.2 Å². The molecule has 1 saturated carbocycles. The number of halogens is 9. The van der Waals surface area contributed by atoms with Gasteiger partial charge < -0.3 is 4.74 Å². The molecule has 0 radical (unpaired) electrons. The zero-order valence-electron chi connectivity index (χ0n) is 13.6. The van der Waals surface area contributed by atoms with Crippen molar-refractivity contribution in [3.05, 3.63) is 44.9 Å². The van der Waals surface area contributed by atoms with Gasteiger partial charge in [0.1, 0.15) is 10.6 Å². The molecule has 0 amide bonds. The second kappa shape index (κ2) is 6.95. The van der Waals surface area contributed by atoms with Crippen LogP contribution in [0.4, 0.5) is 30.7 Å². The summed E-state index contributed by atoms with van der Waals surface area (Å²) in [5.74, 6) is -7.55. The third-order valence-corrected chi connectivity index (χ3v) is 5.29. The summed E-state index contributed by atoms with van der Waals surface area (Å²) in [4.78, 5) is 12.0. The van der Waals surface area contributed by atoms with Crippen LogP contribution in [0.25, 0.3) is 0 Å². The van der Waals surface area contributed by atoms with Gasteiger partial charge in [0.05, 0.1) is 10.4 Å². The second-order valence-corrected chi connectivity index (χ2v) is 7.76. The SMILES string of the molecule is CC1(C)C(C=C(Cl)C(F)(F)F)C1C(=O)OC(F)(F)c1ccc(Br)c(F)c1F. The van der Waals surface area contributed by atoms with Crippen molar-refractivity contribution in [1.82, 2.24) is 0 Å². The van der Waals surface area contributed by atoms with Gasteiger partial charge >= 0.3 is 18.3 Å². The first-order valence-electron chi connectivity index (χ1n) is 7.30. The standard InChI is InChI=1S/C16H11BrClF7O2/c1-14(2)7(5-9(18)15(21,22)23)10(14)13(26)27-16(24,25)6-3-4-8(17)12(20)11(6)19/h3-5,7,10H,1-2H3. The van der Waals surface area contributed by atoms with Crippen molar-refractivity contribution in [2.45, 2.75) is 26.1 Å². The number of carbonyl (C=O) groups is 1. The largest absolute Gasteiger partial charge is 0.431 e. The molecule has 2 rings (SSSR count). The molecule has 0 bridgehead atoms. The smallest absolute Gasteiger partial charge is 0.397 e. The summed E-state index contributed by atoms with van der Waals surface area (Å²) >= 11 is 7.73. The van der Waals surface area contributed by atoms with E-state index in [0.29, 0.717) is 12.1 Å². The summed E-state index contributed by atoms with van der Waals surface area (Å²) in [6.45, 7) is 2.72. The molecule has 0 aromatic heterocycles. The molecule has 1 fully saturated rings. The molecule has 0 saturated heterocycles. The summed E-state index contributed by atoms with van der Waals surface area (Å²) in [5, 5.41) is -1.50. The van der Waals surface area contributed by atoms with Crippen LogP contribution in [0.15, 0.2) is 27.7 Å². The highest BCUT2D eigenvalue weighted by atomic mass is 79.9. The molecule has 1 aromatic carbocycles. The zero-order valence-corrected chi connectivity index (χ0v) is 15.9. The minimum absolute atomic E-state index is 0.416. The van der Waals surface area contributed by atoms with E-state index in [2.05, 4.69) is 20.7 Å². The molecule has 1 aliphatic carbocycles. The fourth-order valence-electron chi connectivity index (χ4n) is 2.69. The number of benzene rings is 1. The number of esters is 1. The lowest BCUT2D eigenvalue weighted by atomic mass is 10.1. The van der Waals surface area contributed by atoms with Crippen molar-refractivity contribution in [2.75, 3.05) is 0 Å². The lowest BCUT2D eigenvalue weighted by Gasteiger charge is -2.18. The van der Waals surface area contributed by atoms with Crippen LogP contribution in [0, 0.1) is 28.9 Å². The quantitative estimate of drug-likeness (QED) is 0.286. The molecule has 2 unspecified atom stereocenters. The fraction of sp³-hybridized carbons (Fsp3) is 0.438. The van der Waals surface area contributed by atoms with E-state index in [1.54, 1.807) is 0 Å². The Balaban J connectivity index is 2.23. The minimum Gasteiger partial charge on any atom is -0.397 e. The Labute approximate surface area is 162 Å².